The Labute approximate surface area is 124 Å². The lowest BCUT2D eigenvalue weighted by molar-refractivity contribution is 0.838. The number of hydrogen-bond donors (Lipinski definition) is 2. The second kappa shape index (κ2) is 7.14. The van der Waals surface area contributed by atoms with Gasteiger partial charge in [0.1, 0.15) is 17.5 Å². The maximum absolute atomic E-state index is 4.55. The summed E-state index contributed by atoms with van der Waals surface area (Å²) in [5.41, 5.74) is 1.04. The van der Waals surface area contributed by atoms with Crippen molar-refractivity contribution in [3.05, 3.63) is 36.2 Å². The van der Waals surface area contributed by atoms with Crippen molar-refractivity contribution in [2.45, 2.75) is 24.7 Å². The second-order valence-corrected chi connectivity index (χ2v) is 5.29. The van der Waals surface area contributed by atoms with E-state index >= 15 is 0 Å². The third kappa shape index (κ3) is 3.87. The zero-order valence-corrected chi connectivity index (χ0v) is 12.9. The smallest absolute Gasteiger partial charge is 0.136 e. The van der Waals surface area contributed by atoms with Crippen molar-refractivity contribution in [1.29, 1.82) is 0 Å². The van der Waals surface area contributed by atoms with Gasteiger partial charge in [-0.15, -0.1) is 11.8 Å². The van der Waals surface area contributed by atoms with Crippen LogP contribution in [0.4, 0.5) is 17.3 Å². The van der Waals surface area contributed by atoms with Gasteiger partial charge in [0.25, 0.3) is 0 Å². The summed E-state index contributed by atoms with van der Waals surface area (Å²) in [6.45, 7) is 2.13. The molecular weight excluding hydrogens is 268 g/mol. The molecule has 0 spiro atoms. The molecule has 0 aliphatic carbocycles. The molecule has 5 heteroatoms. The van der Waals surface area contributed by atoms with Gasteiger partial charge in [-0.1, -0.05) is 13.0 Å². The van der Waals surface area contributed by atoms with Gasteiger partial charge in [-0.2, -0.15) is 0 Å². The summed E-state index contributed by atoms with van der Waals surface area (Å²) in [5.74, 6) is 2.53. The number of nitrogens with one attached hydrogen (secondary N) is 2. The Bertz CT molecular complexity index is 572. The van der Waals surface area contributed by atoms with Crippen molar-refractivity contribution in [2.24, 2.45) is 0 Å². The molecule has 4 nitrogen and oxygen atoms in total. The van der Waals surface area contributed by atoms with E-state index in [9.17, 15) is 0 Å². The number of rotatable bonds is 6. The number of aryl methyl sites for hydroxylation is 1. The van der Waals surface area contributed by atoms with Crippen molar-refractivity contribution in [2.75, 3.05) is 23.9 Å². The van der Waals surface area contributed by atoms with Gasteiger partial charge < -0.3 is 10.6 Å². The molecule has 2 rings (SSSR count). The predicted octanol–water partition coefficient (Wildman–Crippen LogP) is 3.94. The minimum Gasteiger partial charge on any atom is -0.373 e. The molecule has 2 N–H and O–H groups in total. The van der Waals surface area contributed by atoms with E-state index in [1.165, 1.54) is 4.90 Å². The first-order valence-corrected chi connectivity index (χ1v) is 7.94. The molecule has 0 amide bonds. The minimum atomic E-state index is 0.825. The number of hydrogen-bond acceptors (Lipinski definition) is 5. The van der Waals surface area contributed by atoms with E-state index in [1.807, 2.05) is 25.2 Å². The van der Waals surface area contributed by atoms with E-state index < -0.39 is 0 Å². The molecular formula is C15H20N4S. The third-order valence-electron chi connectivity index (χ3n) is 2.84. The van der Waals surface area contributed by atoms with Crippen LogP contribution in [0.15, 0.2) is 35.2 Å². The Kier molecular flexibility index (Phi) is 5.24. The number of benzene rings is 1. The first kappa shape index (κ1) is 14.7. The Morgan fingerprint density at radius 2 is 1.95 bits per heavy atom. The Balaban J connectivity index is 2.24. The average Bonchev–Trinajstić information content (AvgIpc) is 2.47. The van der Waals surface area contributed by atoms with Crippen LogP contribution in [0.5, 0.6) is 0 Å². The summed E-state index contributed by atoms with van der Waals surface area (Å²) in [6, 6.07) is 10.2. The molecule has 0 saturated carbocycles. The fourth-order valence-corrected chi connectivity index (χ4v) is 2.33. The SMILES string of the molecule is CCCc1nc(NC)cc(Nc2cccc(SC)c2)n1. The molecule has 0 radical (unpaired) electrons. The first-order chi connectivity index (χ1) is 9.75. The largest absolute Gasteiger partial charge is 0.373 e. The van der Waals surface area contributed by atoms with Crippen LogP contribution in [0.3, 0.4) is 0 Å². The maximum Gasteiger partial charge on any atom is 0.136 e. The maximum atomic E-state index is 4.55. The fourth-order valence-electron chi connectivity index (χ4n) is 1.87. The molecule has 0 aliphatic rings. The molecule has 20 heavy (non-hydrogen) atoms. The highest BCUT2D eigenvalue weighted by molar-refractivity contribution is 7.98. The summed E-state index contributed by atoms with van der Waals surface area (Å²) in [7, 11) is 1.87. The van der Waals surface area contributed by atoms with Crippen LogP contribution in [-0.4, -0.2) is 23.3 Å². The molecule has 106 valence electrons. The van der Waals surface area contributed by atoms with E-state index in [0.717, 1.165) is 36.0 Å². The first-order valence-electron chi connectivity index (χ1n) is 6.72. The van der Waals surface area contributed by atoms with Gasteiger partial charge in [-0.3, -0.25) is 0 Å². The molecule has 0 aliphatic heterocycles. The molecule has 1 aromatic heterocycles. The molecule has 1 aromatic carbocycles. The molecule has 0 fully saturated rings. The summed E-state index contributed by atoms with van der Waals surface area (Å²) in [6.07, 6.45) is 3.99. The summed E-state index contributed by atoms with van der Waals surface area (Å²) in [5, 5.41) is 6.43. The Morgan fingerprint density at radius 1 is 1.15 bits per heavy atom. The second-order valence-electron chi connectivity index (χ2n) is 4.41. The van der Waals surface area contributed by atoms with E-state index in [-0.39, 0.29) is 0 Å². The van der Waals surface area contributed by atoms with Crippen molar-refractivity contribution in [1.82, 2.24) is 9.97 Å². The van der Waals surface area contributed by atoms with Gasteiger partial charge in [0.05, 0.1) is 0 Å². The zero-order chi connectivity index (χ0) is 14.4. The number of thioether (sulfide) groups is 1. The molecule has 0 unspecified atom stereocenters. The number of nitrogens with zero attached hydrogens (tertiary/aromatic N) is 2. The molecule has 0 bridgehead atoms. The van der Waals surface area contributed by atoms with Crippen LogP contribution < -0.4 is 10.6 Å². The van der Waals surface area contributed by atoms with Crippen LogP contribution in [-0.2, 0) is 6.42 Å². The Morgan fingerprint density at radius 3 is 2.65 bits per heavy atom. The predicted molar refractivity (Wildman–Crippen MR) is 87.1 cm³/mol. The van der Waals surface area contributed by atoms with Gasteiger partial charge in [0.15, 0.2) is 0 Å². The molecule has 2 aromatic rings. The Hall–Kier alpha value is -1.75. The lowest BCUT2D eigenvalue weighted by Crippen LogP contribution is -2.03. The third-order valence-corrected chi connectivity index (χ3v) is 3.57. The van der Waals surface area contributed by atoms with Gasteiger partial charge in [-0.25, -0.2) is 9.97 Å². The lowest BCUT2D eigenvalue weighted by Gasteiger charge is -2.10. The quantitative estimate of drug-likeness (QED) is 0.789. The topological polar surface area (TPSA) is 49.8 Å². The van der Waals surface area contributed by atoms with Crippen LogP contribution in [0.2, 0.25) is 0 Å². The van der Waals surface area contributed by atoms with Crippen molar-refractivity contribution in [3.8, 4) is 0 Å². The van der Waals surface area contributed by atoms with Crippen LogP contribution in [0.25, 0.3) is 0 Å². The standard InChI is InChI=1S/C15H20N4S/c1-4-6-13-18-14(16-2)10-15(19-13)17-11-7-5-8-12(9-11)20-3/h5,7-10H,4,6H2,1-3H3,(H2,16,17,18,19). The van der Waals surface area contributed by atoms with E-state index in [1.54, 1.807) is 11.8 Å². The molecule has 0 saturated heterocycles. The zero-order valence-electron chi connectivity index (χ0n) is 12.1. The van der Waals surface area contributed by atoms with Crippen LogP contribution in [0, 0.1) is 0 Å². The highest BCUT2D eigenvalue weighted by Gasteiger charge is 2.04. The van der Waals surface area contributed by atoms with Crippen molar-refractivity contribution in [3.63, 3.8) is 0 Å². The average molecular weight is 288 g/mol. The summed E-state index contributed by atoms with van der Waals surface area (Å²) >= 11 is 1.73. The van der Waals surface area contributed by atoms with Crippen molar-refractivity contribution >= 4 is 29.1 Å². The molecule has 0 atom stereocenters. The van der Waals surface area contributed by atoms with Crippen LogP contribution in [0.1, 0.15) is 19.2 Å². The fraction of sp³-hybridized carbons (Fsp3) is 0.333. The van der Waals surface area contributed by atoms with Gasteiger partial charge in [0, 0.05) is 30.1 Å². The van der Waals surface area contributed by atoms with Gasteiger partial charge >= 0.3 is 0 Å². The summed E-state index contributed by atoms with van der Waals surface area (Å²) in [4.78, 5) is 10.2. The van der Waals surface area contributed by atoms with Gasteiger partial charge in [0.2, 0.25) is 0 Å². The number of aromatic nitrogens is 2. The highest BCUT2D eigenvalue weighted by Crippen LogP contribution is 2.22. The highest BCUT2D eigenvalue weighted by atomic mass is 32.2. The lowest BCUT2D eigenvalue weighted by atomic mass is 10.3. The van der Waals surface area contributed by atoms with E-state index in [0.29, 0.717) is 0 Å². The molecule has 1 heterocycles. The monoisotopic (exact) mass is 288 g/mol. The normalized spacial score (nSPS) is 10.3. The van der Waals surface area contributed by atoms with Gasteiger partial charge in [-0.05, 0) is 30.9 Å². The van der Waals surface area contributed by atoms with E-state index in [4.69, 9.17) is 0 Å². The summed E-state index contributed by atoms with van der Waals surface area (Å²) < 4.78 is 0. The van der Waals surface area contributed by atoms with Crippen LogP contribution >= 0.6 is 11.8 Å². The minimum absolute atomic E-state index is 0.825. The number of anilines is 3. The van der Waals surface area contributed by atoms with Crippen molar-refractivity contribution < 1.29 is 0 Å². The van der Waals surface area contributed by atoms with E-state index in [2.05, 4.69) is 45.9 Å².